The number of nitrogens with one attached hydrogen (secondary N) is 1. The third-order valence-electron chi connectivity index (χ3n) is 4.29. The molecule has 8 heteroatoms. The van der Waals surface area contributed by atoms with Crippen molar-refractivity contribution < 1.29 is 22.8 Å². The molecule has 0 heterocycles. The molecule has 29 heavy (non-hydrogen) atoms. The molecule has 0 fully saturated rings. The van der Waals surface area contributed by atoms with Crippen molar-refractivity contribution in [2.45, 2.75) is 19.6 Å². The number of aryl methyl sites for hydroxylation is 1. The van der Waals surface area contributed by atoms with Crippen molar-refractivity contribution in [3.8, 4) is 11.5 Å². The molecule has 3 aromatic rings. The molecule has 0 saturated heterocycles. The summed E-state index contributed by atoms with van der Waals surface area (Å²) < 4.78 is 44.3. The first-order valence-corrected chi connectivity index (χ1v) is 8.66. The minimum absolute atomic E-state index is 0.258. The van der Waals surface area contributed by atoms with Crippen LogP contribution in [0.3, 0.4) is 0 Å². The fourth-order valence-corrected chi connectivity index (χ4v) is 2.75. The number of hydrogen-bond acceptors (Lipinski definition) is 4. The van der Waals surface area contributed by atoms with Crippen molar-refractivity contribution in [2.75, 3.05) is 5.32 Å². The monoisotopic (exact) mass is 402 g/mol. The summed E-state index contributed by atoms with van der Waals surface area (Å²) in [6, 6.07) is 16.7. The summed E-state index contributed by atoms with van der Waals surface area (Å²) in [5, 5.41) is 14.5. The highest BCUT2D eigenvalue weighted by Gasteiger charge is 2.33. The van der Waals surface area contributed by atoms with Crippen LogP contribution in [0, 0.1) is 17.0 Å². The maximum Gasteiger partial charge on any atom is 0.416 e. The van der Waals surface area contributed by atoms with Gasteiger partial charge in [0.1, 0.15) is 5.75 Å². The van der Waals surface area contributed by atoms with Crippen molar-refractivity contribution in [1.82, 2.24) is 0 Å². The molecule has 1 N–H and O–H groups in total. The number of ether oxygens (including phenoxy) is 1. The van der Waals surface area contributed by atoms with Gasteiger partial charge in [-0.25, -0.2) is 0 Å². The number of benzene rings is 3. The van der Waals surface area contributed by atoms with Gasteiger partial charge in [0.15, 0.2) is 0 Å². The molecular weight excluding hydrogens is 385 g/mol. The molecule has 0 spiro atoms. The Balaban J connectivity index is 1.87. The van der Waals surface area contributed by atoms with E-state index in [0.29, 0.717) is 23.9 Å². The highest BCUT2D eigenvalue weighted by Crippen LogP contribution is 2.38. The Morgan fingerprint density at radius 2 is 1.69 bits per heavy atom. The number of anilines is 1. The summed E-state index contributed by atoms with van der Waals surface area (Å²) in [6.07, 6.45) is -4.68. The highest BCUT2D eigenvalue weighted by molar-refractivity contribution is 5.54. The fourth-order valence-electron chi connectivity index (χ4n) is 2.75. The standard InChI is InChI=1S/C21H17F3N2O3/c1-14-6-2-4-8-17(14)25-13-15-7-3-5-9-19(15)29-20-11-10-16(21(22,23)24)12-18(20)26(27)28/h2-12,25H,13H2,1H3. The lowest BCUT2D eigenvalue weighted by molar-refractivity contribution is -0.385. The zero-order valence-electron chi connectivity index (χ0n) is 15.4. The van der Waals surface area contributed by atoms with Crippen molar-refractivity contribution in [3.05, 3.63) is 93.5 Å². The average molecular weight is 402 g/mol. The molecule has 3 aromatic carbocycles. The Bertz CT molecular complexity index is 1040. The molecule has 0 bridgehead atoms. The van der Waals surface area contributed by atoms with Crippen LogP contribution in [-0.2, 0) is 12.7 Å². The number of nitrogens with zero attached hydrogens (tertiary/aromatic N) is 1. The van der Waals surface area contributed by atoms with Gasteiger partial charge in [0.25, 0.3) is 0 Å². The largest absolute Gasteiger partial charge is 0.450 e. The SMILES string of the molecule is Cc1ccccc1NCc1ccccc1Oc1ccc(C(F)(F)F)cc1[N+](=O)[O-]. The number of halogens is 3. The molecule has 5 nitrogen and oxygen atoms in total. The second-order valence-corrected chi connectivity index (χ2v) is 6.32. The van der Waals surface area contributed by atoms with Crippen LogP contribution in [0.4, 0.5) is 24.5 Å². The third-order valence-corrected chi connectivity index (χ3v) is 4.29. The van der Waals surface area contributed by atoms with E-state index in [2.05, 4.69) is 5.32 Å². The van der Waals surface area contributed by atoms with Crippen molar-refractivity contribution in [1.29, 1.82) is 0 Å². The van der Waals surface area contributed by atoms with Crippen LogP contribution in [0.25, 0.3) is 0 Å². The number of nitro benzene ring substituents is 1. The predicted molar refractivity (Wildman–Crippen MR) is 103 cm³/mol. The van der Waals surface area contributed by atoms with Crippen LogP contribution in [-0.4, -0.2) is 4.92 Å². The fraction of sp³-hybridized carbons (Fsp3) is 0.143. The molecule has 0 radical (unpaired) electrons. The first-order chi connectivity index (χ1) is 13.8. The molecule has 0 unspecified atom stereocenters. The van der Waals surface area contributed by atoms with Crippen LogP contribution in [0.2, 0.25) is 0 Å². The van der Waals surface area contributed by atoms with Crippen LogP contribution in [0.5, 0.6) is 11.5 Å². The average Bonchev–Trinajstić information content (AvgIpc) is 2.67. The zero-order valence-corrected chi connectivity index (χ0v) is 15.4. The van der Waals surface area contributed by atoms with Crippen LogP contribution >= 0.6 is 0 Å². The van der Waals surface area contributed by atoms with Crippen LogP contribution in [0.15, 0.2) is 66.7 Å². The molecule has 0 amide bonds. The Labute approximate surface area is 164 Å². The van der Waals surface area contributed by atoms with E-state index >= 15 is 0 Å². The Morgan fingerprint density at radius 1 is 1.00 bits per heavy atom. The molecule has 150 valence electrons. The highest BCUT2D eigenvalue weighted by atomic mass is 19.4. The topological polar surface area (TPSA) is 64.4 Å². The quantitative estimate of drug-likeness (QED) is 0.387. The zero-order chi connectivity index (χ0) is 21.0. The van der Waals surface area contributed by atoms with Gasteiger partial charge >= 0.3 is 11.9 Å². The van der Waals surface area contributed by atoms with Gasteiger partial charge in [-0.05, 0) is 36.8 Å². The third kappa shape index (κ3) is 4.84. The number of rotatable bonds is 6. The number of nitro groups is 1. The molecular formula is C21H17F3N2O3. The van der Waals surface area contributed by atoms with Gasteiger partial charge in [-0.1, -0.05) is 36.4 Å². The molecule has 0 aliphatic rings. The maximum absolute atomic E-state index is 12.9. The Hall–Kier alpha value is -3.55. The number of para-hydroxylation sites is 2. The summed E-state index contributed by atoms with van der Waals surface area (Å²) in [5.74, 6) is 0.0581. The predicted octanol–water partition coefficient (Wildman–Crippen LogP) is 6.33. The van der Waals surface area contributed by atoms with Gasteiger partial charge < -0.3 is 10.1 Å². The van der Waals surface area contributed by atoms with E-state index in [1.807, 2.05) is 31.2 Å². The molecule has 0 saturated carbocycles. The lowest BCUT2D eigenvalue weighted by Crippen LogP contribution is -2.06. The lowest BCUT2D eigenvalue weighted by Gasteiger charge is -2.14. The number of alkyl halides is 3. The minimum Gasteiger partial charge on any atom is -0.450 e. The summed E-state index contributed by atoms with van der Waals surface area (Å²) in [6.45, 7) is 2.33. The molecule has 0 aliphatic carbocycles. The molecule has 0 atom stereocenters. The smallest absolute Gasteiger partial charge is 0.416 e. The van der Waals surface area contributed by atoms with Crippen molar-refractivity contribution in [3.63, 3.8) is 0 Å². The second kappa shape index (κ2) is 8.22. The van der Waals surface area contributed by atoms with E-state index in [1.165, 1.54) is 0 Å². The van der Waals surface area contributed by atoms with Crippen LogP contribution in [0.1, 0.15) is 16.7 Å². The second-order valence-electron chi connectivity index (χ2n) is 6.32. The molecule has 0 aromatic heterocycles. The number of hydrogen-bond donors (Lipinski definition) is 1. The van der Waals surface area contributed by atoms with E-state index < -0.39 is 22.4 Å². The lowest BCUT2D eigenvalue weighted by atomic mass is 10.1. The van der Waals surface area contributed by atoms with Crippen molar-refractivity contribution >= 4 is 11.4 Å². The van der Waals surface area contributed by atoms with Gasteiger partial charge in [-0.2, -0.15) is 13.2 Å². The van der Waals surface area contributed by atoms with Crippen LogP contribution < -0.4 is 10.1 Å². The maximum atomic E-state index is 12.9. The Kier molecular flexibility index (Phi) is 5.72. The van der Waals surface area contributed by atoms with Gasteiger partial charge in [-0.15, -0.1) is 0 Å². The van der Waals surface area contributed by atoms with Gasteiger partial charge in [0.2, 0.25) is 5.75 Å². The summed E-state index contributed by atoms with van der Waals surface area (Å²) in [5.41, 5.74) is 0.810. The summed E-state index contributed by atoms with van der Waals surface area (Å²) >= 11 is 0. The van der Waals surface area contributed by atoms with Gasteiger partial charge in [-0.3, -0.25) is 10.1 Å². The first-order valence-electron chi connectivity index (χ1n) is 8.66. The molecule has 3 rings (SSSR count). The van der Waals surface area contributed by atoms with E-state index in [4.69, 9.17) is 4.74 Å². The van der Waals surface area contributed by atoms with E-state index in [0.717, 1.165) is 23.4 Å². The first kappa shape index (κ1) is 20.2. The van der Waals surface area contributed by atoms with Crippen molar-refractivity contribution in [2.24, 2.45) is 0 Å². The van der Waals surface area contributed by atoms with Gasteiger partial charge in [0.05, 0.1) is 10.5 Å². The van der Waals surface area contributed by atoms with E-state index in [1.54, 1.807) is 24.3 Å². The summed E-state index contributed by atoms with van der Waals surface area (Å²) in [4.78, 5) is 10.4. The minimum atomic E-state index is -4.68. The van der Waals surface area contributed by atoms with Gasteiger partial charge in [0, 0.05) is 23.9 Å². The Morgan fingerprint density at radius 3 is 2.38 bits per heavy atom. The summed E-state index contributed by atoms with van der Waals surface area (Å²) in [7, 11) is 0. The normalized spacial score (nSPS) is 11.2. The van der Waals surface area contributed by atoms with E-state index in [9.17, 15) is 23.3 Å². The molecule has 0 aliphatic heterocycles. The van der Waals surface area contributed by atoms with E-state index in [-0.39, 0.29) is 5.75 Å².